The minimum absolute atomic E-state index is 0.0235. The van der Waals surface area contributed by atoms with E-state index in [1.165, 1.54) is 24.3 Å². The maximum Gasteiger partial charge on any atom is 0.338 e. The number of thiophene rings is 1. The number of rotatable bonds is 4. The Hall–Kier alpha value is -1.99. The highest BCUT2D eigenvalue weighted by molar-refractivity contribution is 9.10. The molecule has 0 aliphatic rings. The fourth-order valence-electron chi connectivity index (χ4n) is 1.54. The molecular weight excluding hydrogens is 361 g/mol. The van der Waals surface area contributed by atoms with Crippen LogP contribution < -0.4 is 5.32 Å². The number of amides is 1. The highest BCUT2D eigenvalue weighted by Crippen LogP contribution is 2.23. The monoisotopic (exact) mass is 369 g/mol. The zero-order chi connectivity index (χ0) is 15.4. The number of carboxylic acids is 1. The molecule has 0 saturated carbocycles. The molecule has 0 aliphatic carbocycles. The van der Waals surface area contributed by atoms with Crippen molar-refractivity contribution >= 4 is 50.2 Å². The Labute approximate surface area is 132 Å². The Kier molecular flexibility index (Phi) is 4.87. The van der Waals surface area contributed by atoms with Gasteiger partial charge in [0.1, 0.15) is 10.8 Å². The van der Waals surface area contributed by atoms with Gasteiger partial charge in [-0.15, -0.1) is 11.3 Å². The van der Waals surface area contributed by atoms with Crippen molar-refractivity contribution in [1.82, 2.24) is 0 Å². The Bertz CT molecular complexity index is 727. The van der Waals surface area contributed by atoms with E-state index in [4.69, 9.17) is 5.11 Å². The molecule has 21 heavy (non-hydrogen) atoms. The van der Waals surface area contributed by atoms with Gasteiger partial charge in [0.25, 0.3) is 0 Å². The number of anilines is 1. The van der Waals surface area contributed by atoms with Crippen LogP contribution in [0.1, 0.15) is 15.9 Å². The minimum atomic E-state index is -1.12. The number of benzene rings is 1. The van der Waals surface area contributed by atoms with Crippen molar-refractivity contribution in [2.75, 3.05) is 5.32 Å². The molecular formula is C14H9BrFNO3S. The second kappa shape index (κ2) is 6.64. The summed E-state index contributed by atoms with van der Waals surface area (Å²) in [7, 11) is 0. The number of halogens is 2. The van der Waals surface area contributed by atoms with Crippen LogP contribution in [0.3, 0.4) is 0 Å². The maximum atomic E-state index is 13.5. The van der Waals surface area contributed by atoms with Crippen molar-refractivity contribution < 1.29 is 19.1 Å². The molecule has 1 aromatic carbocycles. The Balaban J connectivity index is 2.11. The van der Waals surface area contributed by atoms with Gasteiger partial charge in [-0.05, 0) is 35.7 Å². The number of nitrogens with one attached hydrogen (secondary N) is 1. The first-order valence-electron chi connectivity index (χ1n) is 5.72. The average Bonchev–Trinajstić information content (AvgIpc) is 2.88. The molecule has 0 aliphatic heterocycles. The molecule has 0 fully saturated rings. The van der Waals surface area contributed by atoms with Gasteiger partial charge in [-0.3, -0.25) is 4.79 Å². The van der Waals surface area contributed by atoms with E-state index < -0.39 is 17.7 Å². The average molecular weight is 370 g/mol. The van der Waals surface area contributed by atoms with Crippen LogP contribution in [0.5, 0.6) is 0 Å². The maximum absolute atomic E-state index is 13.5. The third-order valence-electron chi connectivity index (χ3n) is 2.50. The van der Waals surface area contributed by atoms with Crippen LogP contribution in [0.4, 0.5) is 9.39 Å². The minimum Gasteiger partial charge on any atom is -0.478 e. The number of carboxylic acid groups (broad SMARTS) is 1. The highest BCUT2D eigenvalue weighted by atomic mass is 79.9. The van der Waals surface area contributed by atoms with Gasteiger partial charge < -0.3 is 10.4 Å². The number of aromatic carboxylic acids is 1. The summed E-state index contributed by atoms with van der Waals surface area (Å²) in [5.74, 6) is -2.10. The molecule has 0 bridgehead atoms. The second-order valence-electron chi connectivity index (χ2n) is 3.96. The van der Waals surface area contributed by atoms with Crippen LogP contribution in [0.2, 0.25) is 0 Å². The van der Waals surface area contributed by atoms with E-state index in [9.17, 15) is 14.0 Å². The summed E-state index contributed by atoms with van der Waals surface area (Å²) >= 11 is 4.32. The lowest BCUT2D eigenvalue weighted by Crippen LogP contribution is -2.09. The molecule has 108 valence electrons. The van der Waals surface area contributed by atoms with E-state index in [-0.39, 0.29) is 16.1 Å². The fraction of sp³-hybridized carbons (Fsp3) is 0. The quantitative estimate of drug-likeness (QED) is 0.800. The molecule has 1 aromatic heterocycles. The number of carbonyl (C=O) groups is 2. The van der Waals surface area contributed by atoms with E-state index in [0.29, 0.717) is 4.47 Å². The summed E-state index contributed by atoms with van der Waals surface area (Å²) in [5.41, 5.74) is 0.277. The molecule has 1 amide bonds. The first-order valence-corrected chi connectivity index (χ1v) is 7.39. The van der Waals surface area contributed by atoms with Gasteiger partial charge in [-0.1, -0.05) is 15.9 Å². The largest absolute Gasteiger partial charge is 0.478 e. The predicted octanol–water partition coefficient (Wildman–Crippen LogP) is 4.00. The summed E-state index contributed by atoms with van der Waals surface area (Å²) in [6, 6.07) is 5.77. The molecule has 0 saturated heterocycles. The standard InChI is InChI=1S/C14H9BrFNO3S/c15-9-2-3-11(16)8(7-9)1-4-12(18)17-13-10(14(19)20)5-6-21-13/h1-7H,(H,17,18)(H,19,20)/b4-1+. The van der Waals surface area contributed by atoms with Crippen LogP contribution in [0.15, 0.2) is 40.2 Å². The zero-order valence-corrected chi connectivity index (χ0v) is 12.9. The SMILES string of the molecule is O=C(/C=C/c1cc(Br)ccc1F)Nc1sccc1C(=O)O. The third-order valence-corrected chi connectivity index (χ3v) is 3.83. The first kappa shape index (κ1) is 15.4. The van der Waals surface area contributed by atoms with Gasteiger partial charge in [0.15, 0.2) is 0 Å². The molecule has 4 nitrogen and oxygen atoms in total. The number of hydrogen-bond acceptors (Lipinski definition) is 3. The van der Waals surface area contributed by atoms with E-state index in [1.54, 1.807) is 11.4 Å². The lowest BCUT2D eigenvalue weighted by molar-refractivity contribution is -0.111. The summed E-state index contributed by atoms with van der Waals surface area (Å²) in [6.07, 6.45) is 2.47. The lowest BCUT2D eigenvalue weighted by Gasteiger charge is -2.01. The zero-order valence-electron chi connectivity index (χ0n) is 10.5. The van der Waals surface area contributed by atoms with Gasteiger partial charge in [0, 0.05) is 16.1 Å². The van der Waals surface area contributed by atoms with E-state index in [1.807, 2.05) is 0 Å². The Morgan fingerprint density at radius 3 is 2.81 bits per heavy atom. The summed E-state index contributed by atoms with van der Waals surface area (Å²) in [6.45, 7) is 0. The Morgan fingerprint density at radius 2 is 2.10 bits per heavy atom. The fourth-order valence-corrected chi connectivity index (χ4v) is 2.70. The van der Waals surface area contributed by atoms with Crippen LogP contribution >= 0.6 is 27.3 Å². The molecule has 2 N–H and O–H groups in total. The van der Waals surface area contributed by atoms with Crippen LogP contribution in [-0.2, 0) is 4.79 Å². The van der Waals surface area contributed by atoms with Crippen LogP contribution in [0, 0.1) is 5.82 Å². The van der Waals surface area contributed by atoms with Crippen molar-refractivity contribution in [3.05, 3.63) is 57.1 Å². The van der Waals surface area contributed by atoms with Crippen molar-refractivity contribution in [3.8, 4) is 0 Å². The number of carbonyl (C=O) groups excluding carboxylic acids is 1. The smallest absolute Gasteiger partial charge is 0.338 e. The van der Waals surface area contributed by atoms with E-state index in [0.717, 1.165) is 17.4 Å². The summed E-state index contributed by atoms with van der Waals surface area (Å²) in [5, 5.41) is 13.2. The van der Waals surface area contributed by atoms with Crippen LogP contribution in [-0.4, -0.2) is 17.0 Å². The van der Waals surface area contributed by atoms with Gasteiger partial charge in [0.2, 0.25) is 5.91 Å². The molecule has 1 heterocycles. The molecule has 0 radical (unpaired) electrons. The van der Waals surface area contributed by atoms with Gasteiger partial charge >= 0.3 is 5.97 Å². The Morgan fingerprint density at radius 1 is 1.33 bits per heavy atom. The molecule has 7 heteroatoms. The van der Waals surface area contributed by atoms with Gasteiger partial charge in [-0.2, -0.15) is 0 Å². The van der Waals surface area contributed by atoms with Gasteiger partial charge in [0.05, 0.1) is 5.56 Å². The molecule has 0 spiro atoms. The van der Waals surface area contributed by atoms with Crippen molar-refractivity contribution in [2.45, 2.75) is 0 Å². The van der Waals surface area contributed by atoms with E-state index in [2.05, 4.69) is 21.2 Å². The normalized spacial score (nSPS) is 10.8. The highest BCUT2D eigenvalue weighted by Gasteiger charge is 2.12. The predicted molar refractivity (Wildman–Crippen MR) is 83.0 cm³/mol. The van der Waals surface area contributed by atoms with Gasteiger partial charge in [-0.25, -0.2) is 9.18 Å². The summed E-state index contributed by atoms with van der Waals surface area (Å²) in [4.78, 5) is 22.6. The van der Waals surface area contributed by atoms with E-state index >= 15 is 0 Å². The first-order chi connectivity index (χ1) is 9.97. The second-order valence-corrected chi connectivity index (χ2v) is 5.79. The molecule has 2 rings (SSSR count). The topological polar surface area (TPSA) is 66.4 Å². The molecule has 0 unspecified atom stereocenters. The summed E-state index contributed by atoms with van der Waals surface area (Å²) < 4.78 is 14.2. The van der Waals surface area contributed by atoms with Crippen molar-refractivity contribution in [2.24, 2.45) is 0 Å². The third kappa shape index (κ3) is 3.99. The van der Waals surface area contributed by atoms with Crippen molar-refractivity contribution in [1.29, 1.82) is 0 Å². The molecule has 0 atom stereocenters. The lowest BCUT2D eigenvalue weighted by atomic mass is 10.2. The van der Waals surface area contributed by atoms with Crippen molar-refractivity contribution in [3.63, 3.8) is 0 Å². The van der Waals surface area contributed by atoms with Crippen LogP contribution in [0.25, 0.3) is 6.08 Å². The number of hydrogen-bond donors (Lipinski definition) is 2. The molecule has 2 aromatic rings.